The van der Waals surface area contributed by atoms with E-state index < -0.39 is 29.2 Å². The zero-order valence-electron chi connectivity index (χ0n) is 45.4. The third-order valence-corrected chi connectivity index (χ3v) is 18.5. The number of imidazole rings is 1. The van der Waals surface area contributed by atoms with Crippen LogP contribution in [-0.4, -0.2) is 145 Å². The molecular weight excluding hydrogens is 1010 g/mol. The van der Waals surface area contributed by atoms with Gasteiger partial charge in [0.2, 0.25) is 11.8 Å². The Labute approximate surface area is 457 Å². The van der Waals surface area contributed by atoms with Gasteiger partial charge < -0.3 is 34.4 Å². The first-order chi connectivity index (χ1) is 38.1. The molecule has 3 amide bonds. The summed E-state index contributed by atoms with van der Waals surface area (Å²) in [4.78, 5) is 69.9. The lowest BCUT2D eigenvalue weighted by Crippen LogP contribution is -2.49. The van der Waals surface area contributed by atoms with Gasteiger partial charge in [-0.1, -0.05) is 25.1 Å². The number of carbonyl (C=O) groups is 3. The van der Waals surface area contributed by atoms with Crippen LogP contribution < -0.4 is 20.6 Å². The maximum atomic E-state index is 17.3. The van der Waals surface area contributed by atoms with Gasteiger partial charge in [0.05, 0.1) is 22.2 Å². The third-order valence-electron chi connectivity index (χ3n) is 18.5. The maximum absolute atomic E-state index is 17.3. The number of rotatable bonds is 12. The monoisotopic (exact) mass is 1080 g/mol. The van der Waals surface area contributed by atoms with Crippen molar-refractivity contribution in [3.8, 4) is 22.9 Å². The van der Waals surface area contributed by atoms with Crippen molar-refractivity contribution >= 4 is 56.4 Å². The van der Waals surface area contributed by atoms with Crippen molar-refractivity contribution < 1.29 is 42.9 Å². The van der Waals surface area contributed by atoms with Crippen LogP contribution in [0, 0.1) is 17.6 Å². The summed E-state index contributed by atoms with van der Waals surface area (Å²) in [7, 11) is 1.73. The van der Waals surface area contributed by atoms with Gasteiger partial charge in [-0.15, -0.1) is 0 Å². The molecule has 17 nitrogen and oxygen atoms in total. The predicted molar refractivity (Wildman–Crippen MR) is 295 cm³/mol. The number of aromatic hydroxyl groups is 1. The number of hydrogen-bond donors (Lipinski definition) is 3. The molecular formula is C60H71F2N9O8. The van der Waals surface area contributed by atoms with Crippen molar-refractivity contribution in [1.29, 1.82) is 0 Å². The molecule has 6 aliphatic heterocycles. The van der Waals surface area contributed by atoms with Gasteiger partial charge in [0.1, 0.15) is 42.2 Å². The minimum atomic E-state index is -0.983. The quantitative estimate of drug-likeness (QED) is 0.1000. The smallest absolute Gasteiger partial charge is 0.409 e. The van der Waals surface area contributed by atoms with E-state index in [0.717, 1.165) is 83.1 Å². The Hall–Kier alpha value is -6.70. The molecule has 79 heavy (non-hydrogen) atoms. The molecule has 6 saturated heterocycles. The number of amides is 3. The highest BCUT2D eigenvalue weighted by Gasteiger charge is 2.50. The van der Waals surface area contributed by atoms with Crippen LogP contribution in [0.4, 0.5) is 19.4 Å². The first-order valence-electron chi connectivity index (χ1n) is 28.6. The number of imide groups is 1. The van der Waals surface area contributed by atoms with Crippen molar-refractivity contribution in [2.75, 3.05) is 70.5 Å². The van der Waals surface area contributed by atoms with Crippen LogP contribution >= 0.6 is 0 Å². The zero-order chi connectivity index (χ0) is 54.9. The number of aryl methyl sites for hydroxylation is 2. The Balaban J connectivity index is 0.664. The van der Waals surface area contributed by atoms with E-state index in [-0.39, 0.29) is 78.3 Å². The molecule has 0 radical (unpaired) electrons. The highest BCUT2D eigenvalue weighted by atomic mass is 19.1. The number of ether oxygens (including phenoxy) is 2. The highest BCUT2D eigenvalue weighted by Crippen LogP contribution is 2.45. The van der Waals surface area contributed by atoms with Gasteiger partial charge in [-0.25, -0.2) is 18.4 Å². The van der Waals surface area contributed by atoms with E-state index in [9.17, 15) is 29.4 Å². The average Bonchev–Trinajstić information content (AvgIpc) is 4.32. The van der Waals surface area contributed by atoms with Crippen LogP contribution in [0.2, 0.25) is 0 Å². The van der Waals surface area contributed by atoms with E-state index in [1.54, 1.807) is 42.8 Å². The van der Waals surface area contributed by atoms with E-state index in [1.807, 2.05) is 22.8 Å². The van der Waals surface area contributed by atoms with Gasteiger partial charge in [0, 0.05) is 63.2 Å². The number of phenolic OH excluding ortho intramolecular Hbond substituents is 1. The molecule has 1 unspecified atom stereocenters. The van der Waals surface area contributed by atoms with E-state index in [1.165, 1.54) is 22.3 Å². The molecule has 19 heteroatoms. The molecule has 6 fully saturated rings. The van der Waals surface area contributed by atoms with Gasteiger partial charge in [-0.2, -0.15) is 9.97 Å². The number of β-amino-alcohol motifs (C(OH)–C–C–N with tert-alkyl or cyclic N) is 1. The fraction of sp³-hybridized carbons (Fsp3) is 0.533. The topological polar surface area (TPSA) is 188 Å². The molecule has 6 aromatic rings. The van der Waals surface area contributed by atoms with Crippen molar-refractivity contribution in [3.63, 3.8) is 0 Å². The largest absolute Gasteiger partial charge is 0.508 e. The minimum Gasteiger partial charge on any atom is -0.508 e. The van der Waals surface area contributed by atoms with Crippen LogP contribution in [0.25, 0.3) is 43.8 Å². The molecule has 8 heterocycles. The fourth-order valence-electron chi connectivity index (χ4n) is 14.3. The summed E-state index contributed by atoms with van der Waals surface area (Å²) in [6.45, 7) is 10.1. The number of aliphatic hydroxyl groups is 1. The molecule has 0 aliphatic carbocycles. The summed E-state index contributed by atoms with van der Waals surface area (Å²) in [5, 5.41) is 25.9. The fourth-order valence-corrected chi connectivity index (χ4v) is 14.3. The molecule has 12 rings (SSSR count). The summed E-state index contributed by atoms with van der Waals surface area (Å²) in [6.07, 6.45) is 9.20. The lowest BCUT2D eigenvalue weighted by molar-refractivity contribution is -0.135. The number of likely N-dealkylation sites (tertiary alicyclic amines) is 2. The summed E-state index contributed by atoms with van der Waals surface area (Å²) >= 11 is 0. The zero-order valence-corrected chi connectivity index (χ0v) is 45.4. The van der Waals surface area contributed by atoms with E-state index >= 15 is 8.78 Å². The van der Waals surface area contributed by atoms with Crippen molar-refractivity contribution in [2.45, 2.75) is 126 Å². The first kappa shape index (κ1) is 53.0. The number of hydrogen-bond acceptors (Lipinski definition) is 13. The molecule has 418 valence electrons. The first-order valence-corrected chi connectivity index (χ1v) is 28.6. The molecule has 4 aromatic carbocycles. The van der Waals surface area contributed by atoms with Crippen LogP contribution in [0.15, 0.2) is 59.4 Å². The molecule has 0 saturated carbocycles. The molecule has 0 spiro atoms. The number of aromatic nitrogens is 4. The maximum Gasteiger partial charge on any atom is 0.409 e. The number of nitrogens with one attached hydrogen (secondary N) is 1. The summed E-state index contributed by atoms with van der Waals surface area (Å²) in [5.74, 6) is -0.580. The number of piperidine rings is 4. The SMILES string of the molecule is CCc1c(F)ccc2cc(O)cc(-c3ccc4c(N5CCC[C@@](C)(O)C5)nc(OC[C@]56CCCN5[C@H](COC(=O)N5CCC(CN7CCC(c8ccc9c(c8)n(C)c(=O)n9C8CCC(=O)NC8=O)CC7)CC5)CC6)nc4c3F)c12. The number of anilines is 1. The van der Waals surface area contributed by atoms with E-state index in [0.29, 0.717) is 95.8 Å². The highest BCUT2D eigenvalue weighted by molar-refractivity contribution is 6.03. The molecule has 2 aromatic heterocycles. The summed E-state index contributed by atoms with van der Waals surface area (Å²) in [6, 6.07) is 14.8. The molecule has 0 bridgehead atoms. The molecule has 3 N–H and O–H groups in total. The Kier molecular flexibility index (Phi) is 14.1. The van der Waals surface area contributed by atoms with E-state index in [2.05, 4.69) is 27.2 Å². The normalized spacial score (nSPS) is 24.7. The average molecular weight is 1080 g/mol. The van der Waals surface area contributed by atoms with Crippen molar-refractivity contribution in [1.82, 2.24) is 39.1 Å². The van der Waals surface area contributed by atoms with Gasteiger partial charge in [0.15, 0.2) is 5.82 Å². The number of fused-ring (bicyclic) bond motifs is 4. The standard InChI is InChI=1S/C60H71F2N9O8/c1-4-42-46(61)11-7-39-29-41(72)31-45(51(39)42)43-9-10-44-53(52(43)62)64-56(65-54(44)69-23-5-20-59(2,77)34-69)79-35-60-21-6-24-70(60)40(15-22-60)33-78-58(76)68-27-16-36(17-28-68)32-67-25-18-37(19-26-67)38-8-12-47-49(30-38)66(3)57(75)71(47)48-13-14-50(73)63-55(48)74/h7-12,29-31,36-37,40,48,72,77H,4-6,13-28,32-35H2,1-3H3,(H,63,73,74)/t40-,48?,59+,60+/m0/s1. The van der Waals surface area contributed by atoms with Gasteiger partial charge in [-0.05, 0) is 179 Å². The summed E-state index contributed by atoms with van der Waals surface area (Å²) < 4.78 is 48.4. The van der Waals surface area contributed by atoms with Gasteiger partial charge in [0.25, 0.3) is 0 Å². The van der Waals surface area contributed by atoms with Gasteiger partial charge in [-0.3, -0.25) is 28.9 Å². The van der Waals surface area contributed by atoms with Crippen LogP contribution in [0.5, 0.6) is 11.8 Å². The number of benzene rings is 4. The van der Waals surface area contributed by atoms with Crippen LogP contribution in [0.3, 0.4) is 0 Å². The Morgan fingerprint density at radius 1 is 0.861 bits per heavy atom. The predicted octanol–water partition coefficient (Wildman–Crippen LogP) is 8.08. The minimum absolute atomic E-state index is 0.0134. The number of carbonyl (C=O) groups excluding carboxylic acids is 3. The lowest BCUT2D eigenvalue weighted by atomic mass is 9.88. The second kappa shape index (κ2) is 21.1. The Morgan fingerprint density at radius 3 is 2.43 bits per heavy atom. The van der Waals surface area contributed by atoms with Crippen molar-refractivity contribution in [2.24, 2.45) is 13.0 Å². The third kappa shape index (κ3) is 9.97. The molecule has 6 aliphatic rings. The summed E-state index contributed by atoms with van der Waals surface area (Å²) in [5.41, 5.74) is 2.05. The Morgan fingerprint density at radius 2 is 1.66 bits per heavy atom. The van der Waals surface area contributed by atoms with Crippen LogP contribution in [0.1, 0.15) is 114 Å². The number of nitrogens with zero attached hydrogens (tertiary/aromatic N) is 8. The number of halogens is 2. The van der Waals surface area contributed by atoms with E-state index in [4.69, 9.17) is 19.4 Å². The van der Waals surface area contributed by atoms with Crippen molar-refractivity contribution in [3.05, 3.63) is 87.8 Å². The number of phenols is 1. The van der Waals surface area contributed by atoms with Crippen LogP contribution in [-0.2, 0) is 27.8 Å². The Bertz CT molecular complexity index is 3440. The second-order valence-electron chi connectivity index (χ2n) is 23.7. The second-order valence-corrected chi connectivity index (χ2v) is 23.7. The lowest BCUT2D eigenvalue weighted by Gasteiger charge is -2.38. The van der Waals surface area contributed by atoms with Gasteiger partial charge >= 0.3 is 17.8 Å². The molecule has 4 atom stereocenters.